The van der Waals surface area contributed by atoms with E-state index in [0.29, 0.717) is 13.0 Å². The van der Waals surface area contributed by atoms with Crippen molar-refractivity contribution in [2.45, 2.75) is 40.2 Å². The van der Waals surface area contributed by atoms with Gasteiger partial charge in [0, 0.05) is 6.20 Å². The van der Waals surface area contributed by atoms with Crippen LogP contribution in [0.4, 0.5) is 5.13 Å². The molecule has 0 N–H and O–H groups in total. The molecule has 5 heteroatoms. The number of carbonyl (C=O) groups is 1. The maximum Gasteiger partial charge on any atom is 0.233 e. The van der Waals surface area contributed by atoms with Crippen molar-refractivity contribution in [2.24, 2.45) is 0 Å². The standard InChI is InChI=1S/C25H25N3OS/c1-4-19-8-10-20(11-9-19)15-23(29)28(16-21-7-5-6-12-26-21)25-27-22-14-17(2)13-18(3)24(22)30-25/h5-14H,4,15-16H2,1-3H3. The molecule has 152 valence electrons. The number of pyridine rings is 1. The Morgan fingerprint density at radius 3 is 2.50 bits per heavy atom. The molecule has 4 nitrogen and oxygen atoms in total. The van der Waals surface area contributed by atoms with Gasteiger partial charge in [0.1, 0.15) is 0 Å². The van der Waals surface area contributed by atoms with E-state index < -0.39 is 0 Å². The van der Waals surface area contributed by atoms with Gasteiger partial charge in [0.05, 0.1) is 28.9 Å². The molecular weight excluding hydrogens is 390 g/mol. The van der Waals surface area contributed by atoms with E-state index >= 15 is 0 Å². The molecule has 0 aliphatic heterocycles. The highest BCUT2D eigenvalue weighted by Gasteiger charge is 2.21. The lowest BCUT2D eigenvalue weighted by molar-refractivity contribution is -0.118. The second kappa shape index (κ2) is 8.76. The molecule has 0 bridgehead atoms. The first-order valence-corrected chi connectivity index (χ1v) is 11.0. The Morgan fingerprint density at radius 2 is 1.80 bits per heavy atom. The molecule has 0 unspecified atom stereocenters. The zero-order chi connectivity index (χ0) is 21.1. The van der Waals surface area contributed by atoms with Crippen molar-refractivity contribution in [3.05, 3.63) is 88.7 Å². The zero-order valence-corrected chi connectivity index (χ0v) is 18.4. The van der Waals surface area contributed by atoms with Crippen molar-refractivity contribution < 1.29 is 4.79 Å². The van der Waals surface area contributed by atoms with Gasteiger partial charge in [-0.05, 0) is 60.7 Å². The third kappa shape index (κ3) is 4.41. The van der Waals surface area contributed by atoms with E-state index in [1.54, 1.807) is 22.4 Å². The normalized spacial score (nSPS) is 11.0. The Hall–Kier alpha value is -3.05. The summed E-state index contributed by atoms with van der Waals surface area (Å²) in [5.74, 6) is 0.0262. The summed E-state index contributed by atoms with van der Waals surface area (Å²) in [7, 11) is 0. The number of rotatable bonds is 6. The molecule has 30 heavy (non-hydrogen) atoms. The lowest BCUT2D eigenvalue weighted by atomic mass is 10.1. The summed E-state index contributed by atoms with van der Waals surface area (Å²) in [6, 6.07) is 18.3. The molecule has 1 amide bonds. The summed E-state index contributed by atoms with van der Waals surface area (Å²) in [5.41, 5.74) is 6.44. The summed E-state index contributed by atoms with van der Waals surface area (Å²) in [5, 5.41) is 0.722. The van der Waals surface area contributed by atoms with E-state index in [1.165, 1.54) is 16.7 Å². The van der Waals surface area contributed by atoms with Crippen molar-refractivity contribution in [1.82, 2.24) is 9.97 Å². The maximum atomic E-state index is 13.4. The molecule has 4 rings (SSSR count). The van der Waals surface area contributed by atoms with Crippen molar-refractivity contribution >= 4 is 32.6 Å². The van der Waals surface area contributed by atoms with Crippen LogP contribution in [0, 0.1) is 13.8 Å². The number of thiazole rings is 1. The van der Waals surface area contributed by atoms with Crippen molar-refractivity contribution in [2.75, 3.05) is 4.90 Å². The van der Waals surface area contributed by atoms with E-state index in [9.17, 15) is 4.79 Å². The molecule has 0 spiro atoms. The Labute approximate surface area is 181 Å². The first-order chi connectivity index (χ1) is 14.5. The number of hydrogen-bond acceptors (Lipinski definition) is 4. The summed E-state index contributed by atoms with van der Waals surface area (Å²) in [6.07, 6.45) is 3.09. The predicted octanol–water partition coefficient (Wildman–Crippen LogP) is 5.65. The molecule has 4 aromatic rings. The number of fused-ring (bicyclic) bond motifs is 1. The number of aromatic nitrogens is 2. The number of aryl methyl sites for hydroxylation is 3. The summed E-state index contributed by atoms with van der Waals surface area (Å²) in [4.78, 5) is 24.4. The maximum absolute atomic E-state index is 13.4. The van der Waals surface area contributed by atoms with Crippen LogP contribution in [0.5, 0.6) is 0 Å². The van der Waals surface area contributed by atoms with Gasteiger partial charge in [0.2, 0.25) is 5.91 Å². The minimum absolute atomic E-state index is 0.0262. The quantitative estimate of drug-likeness (QED) is 0.409. The van der Waals surface area contributed by atoms with E-state index in [4.69, 9.17) is 4.98 Å². The predicted molar refractivity (Wildman–Crippen MR) is 124 cm³/mol. The Balaban J connectivity index is 1.68. The SMILES string of the molecule is CCc1ccc(CC(=O)N(Cc2ccccn2)c2nc3cc(C)cc(C)c3s2)cc1. The molecule has 0 fully saturated rings. The van der Waals surface area contributed by atoms with E-state index in [-0.39, 0.29) is 5.91 Å². The fourth-order valence-electron chi connectivity index (χ4n) is 3.56. The van der Waals surface area contributed by atoms with Gasteiger partial charge in [0.15, 0.2) is 5.13 Å². The fourth-order valence-corrected chi connectivity index (χ4v) is 4.59. The average Bonchev–Trinajstić information content (AvgIpc) is 3.17. The smallest absolute Gasteiger partial charge is 0.233 e. The first kappa shape index (κ1) is 20.2. The van der Waals surface area contributed by atoms with Gasteiger partial charge < -0.3 is 0 Å². The minimum Gasteiger partial charge on any atom is -0.282 e. The molecule has 0 saturated carbocycles. The van der Waals surface area contributed by atoms with Gasteiger partial charge in [-0.2, -0.15) is 0 Å². The lowest BCUT2D eigenvalue weighted by Crippen LogP contribution is -2.32. The highest BCUT2D eigenvalue weighted by molar-refractivity contribution is 7.22. The monoisotopic (exact) mass is 415 g/mol. The Bertz CT molecular complexity index is 1170. The number of benzene rings is 2. The van der Waals surface area contributed by atoms with Gasteiger partial charge in [-0.25, -0.2) is 4.98 Å². The van der Waals surface area contributed by atoms with Crippen LogP contribution in [0.2, 0.25) is 0 Å². The van der Waals surface area contributed by atoms with Crippen molar-refractivity contribution in [3.8, 4) is 0 Å². The summed E-state index contributed by atoms with van der Waals surface area (Å²) in [6.45, 7) is 6.70. The molecule has 0 aliphatic rings. The number of carbonyl (C=O) groups excluding carboxylic acids is 1. The summed E-state index contributed by atoms with van der Waals surface area (Å²) < 4.78 is 1.13. The van der Waals surface area contributed by atoms with Crippen LogP contribution in [0.1, 0.15) is 34.9 Å². The van der Waals surface area contributed by atoms with Crippen LogP contribution >= 0.6 is 11.3 Å². The van der Waals surface area contributed by atoms with E-state index in [1.807, 2.05) is 30.3 Å². The zero-order valence-electron chi connectivity index (χ0n) is 17.6. The van der Waals surface area contributed by atoms with Crippen molar-refractivity contribution in [1.29, 1.82) is 0 Å². The molecule has 2 aromatic heterocycles. The van der Waals surface area contributed by atoms with Crippen LogP contribution in [0.3, 0.4) is 0 Å². The number of amides is 1. The highest BCUT2D eigenvalue weighted by Crippen LogP contribution is 2.33. The van der Waals surface area contributed by atoms with Crippen LogP contribution in [-0.2, 0) is 24.2 Å². The summed E-state index contributed by atoms with van der Waals surface area (Å²) >= 11 is 1.57. The van der Waals surface area contributed by atoms with Gasteiger partial charge in [-0.1, -0.05) is 54.7 Å². The average molecular weight is 416 g/mol. The number of hydrogen-bond donors (Lipinski definition) is 0. The lowest BCUT2D eigenvalue weighted by Gasteiger charge is -2.19. The fraction of sp³-hybridized carbons (Fsp3) is 0.240. The van der Waals surface area contributed by atoms with Crippen LogP contribution < -0.4 is 4.90 Å². The molecule has 0 atom stereocenters. The second-order valence-corrected chi connectivity index (χ2v) is 8.55. The molecule has 0 radical (unpaired) electrons. The van der Waals surface area contributed by atoms with Crippen molar-refractivity contribution in [3.63, 3.8) is 0 Å². The third-order valence-corrected chi connectivity index (χ3v) is 6.40. The van der Waals surface area contributed by atoms with Gasteiger partial charge in [-0.3, -0.25) is 14.7 Å². The van der Waals surface area contributed by atoms with Gasteiger partial charge in [-0.15, -0.1) is 0 Å². The highest BCUT2D eigenvalue weighted by atomic mass is 32.1. The Morgan fingerprint density at radius 1 is 1.03 bits per heavy atom. The van der Waals surface area contributed by atoms with Crippen LogP contribution in [0.15, 0.2) is 60.8 Å². The molecule has 2 heterocycles. The minimum atomic E-state index is 0.0262. The number of nitrogens with zero attached hydrogens (tertiary/aromatic N) is 3. The first-order valence-electron chi connectivity index (χ1n) is 10.2. The largest absolute Gasteiger partial charge is 0.282 e. The molecule has 0 saturated heterocycles. The second-order valence-electron chi connectivity index (χ2n) is 7.57. The molecule has 0 aliphatic carbocycles. The van der Waals surface area contributed by atoms with Gasteiger partial charge >= 0.3 is 0 Å². The molecule has 2 aromatic carbocycles. The van der Waals surface area contributed by atoms with Crippen LogP contribution in [-0.4, -0.2) is 15.9 Å². The number of anilines is 1. The molecular formula is C25H25N3OS. The van der Waals surface area contributed by atoms with Crippen LogP contribution in [0.25, 0.3) is 10.2 Å². The van der Waals surface area contributed by atoms with Gasteiger partial charge in [0.25, 0.3) is 0 Å². The third-order valence-electron chi connectivity index (χ3n) is 5.17. The Kier molecular flexibility index (Phi) is 5.91. The van der Waals surface area contributed by atoms with E-state index in [2.05, 4.69) is 50.0 Å². The topological polar surface area (TPSA) is 46.1 Å². The van der Waals surface area contributed by atoms with E-state index in [0.717, 1.165) is 33.0 Å².